The number of nitrogens with one attached hydrogen (secondary N) is 1. The van der Waals surface area contributed by atoms with Gasteiger partial charge >= 0.3 is 0 Å². The van der Waals surface area contributed by atoms with Crippen molar-refractivity contribution in [3.05, 3.63) is 0 Å². The third-order valence-electron chi connectivity index (χ3n) is 2.91. The molecule has 1 rings (SSSR count). The fraction of sp³-hybridized carbons (Fsp3) is 0.909. The number of ether oxygens (including phenoxy) is 1. The van der Waals surface area contributed by atoms with Gasteiger partial charge in [0.25, 0.3) is 0 Å². The zero-order chi connectivity index (χ0) is 10.4. The lowest BCUT2D eigenvalue weighted by atomic mass is 10.0. The summed E-state index contributed by atoms with van der Waals surface area (Å²) in [4.78, 5) is 0. The molecule has 1 aliphatic carbocycles. The van der Waals surface area contributed by atoms with Gasteiger partial charge in [0.05, 0.1) is 12.7 Å². The van der Waals surface area contributed by atoms with E-state index < -0.39 is 0 Å². The highest BCUT2D eigenvalue weighted by atomic mass is 16.5. The Balaban J connectivity index is 2.34. The summed E-state index contributed by atoms with van der Waals surface area (Å²) in [5.41, 5.74) is 0. The third kappa shape index (κ3) is 3.28. The maximum atomic E-state index is 9.02. The Bertz CT molecular complexity index is 194. The Labute approximate surface area is 86.4 Å². The Hall–Kier alpha value is -0.590. The molecule has 0 heterocycles. The minimum atomic E-state index is -0.0574. The van der Waals surface area contributed by atoms with Crippen LogP contribution in [0.1, 0.15) is 32.6 Å². The maximum absolute atomic E-state index is 9.02. The molecule has 0 radical (unpaired) electrons. The monoisotopic (exact) mass is 196 g/mol. The predicted molar refractivity (Wildman–Crippen MR) is 55.8 cm³/mol. The molecule has 1 fully saturated rings. The highest BCUT2D eigenvalue weighted by Crippen LogP contribution is 2.19. The van der Waals surface area contributed by atoms with Crippen LogP contribution in [0.4, 0.5) is 0 Å². The molecule has 3 nitrogen and oxygen atoms in total. The number of nitrogens with zero attached hydrogens (tertiary/aromatic N) is 1. The molecule has 0 bridgehead atoms. The van der Waals surface area contributed by atoms with Crippen LogP contribution in [0.2, 0.25) is 0 Å². The summed E-state index contributed by atoms with van der Waals surface area (Å²) in [6, 6.07) is 2.82. The molecule has 0 spiro atoms. The molecule has 0 aromatic carbocycles. The van der Waals surface area contributed by atoms with E-state index in [0.29, 0.717) is 12.6 Å². The average molecular weight is 196 g/mol. The molecule has 80 valence electrons. The molecular weight excluding hydrogens is 176 g/mol. The van der Waals surface area contributed by atoms with Crippen LogP contribution in [-0.4, -0.2) is 25.8 Å². The van der Waals surface area contributed by atoms with Crippen LogP contribution in [-0.2, 0) is 4.74 Å². The fourth-order valence-electron chi connectivity index (χ4n) is 2.03. The maximum Gasteiger partial charge on any atom is 0.100 e. The lowest BCUT2D eigenvalue weighted by molar-refractivity contribution is 0.146. The van der Waals surface area contributed by atoms with E-state index in [0.717, 1.165) is 0 Å². The highest BCUT2D eigenvalue weighted by Gasteiger charge is 2.22. The van der Waals surface area contributed by atoms with Crippen molar-refractivity contribution in [1.29, 1.82) is 5.26 Å². The van der Waals surface area contributed by atoms with E-state index in [-0.39, 0.29) is 12.0 Å². The van der Waals surface area contributed by atoms with Gasteiger partial charge in [-0.2, -0.15) is 5.26 Å². The van der Waals surface area contributed by atoms with Crippen molar-refractivity contribution >= 4 is 0 Å². The van der Waals surface area contributed by atoms with Crippen molar-refractivity contribution in [2.75, 3.05) is 13.7 Å². The van der Waals surface area contributed by atoms with Crippen molar-refractivity contribution in [2.24, 2.45) is 5.92 Å². The topological polar surface area (TPSA) is 45.0 Å². The van der Waals surface area contributed by atoms with E-state index >= 15 is 0 Å². The van der Waals surface area contributed by atoms with Gasteiger partial charge in [-0.3, -0.25) is 5.32 Å². The zero-order valence-corrected chi connectivity index (χ0v) is 9.12. The van der Waals surface area contributed by atoms with E-state index in [1.54, 1.807) is 7.11 Å². The van der Waals surface area contributed by atoms with Gasteiger partial charge < -0.3 is 4.74 Å². The number of hydrogen-bond acceptors (Lipinski definition) is 3. The van der Waals surface area contributed by atoms with E-state index in [9.17, 15) is 0 Å². The number of rotatable bonds is 5. The Morgan fingerprint density at radius 3 is 2.64 bits per heavy atom. The highest BCUT2D eigenvalue weighted by molar-refractivity contribution is 4.95. The van der Waals surface area contributed by atoms with Crippen LogP contribution < -0.4 is 5.32 Å². The molecule has 0 aliphatic heterocycles. The van der Waals surface area contributed by atoms with Crippen molar-refractivity contribution in [2.45, 2.75) is 44.7 Å². The third-order valence-corrected chi connectivity index (χ3v) is 2.91. The molecule has 1 aliphatic rings. The molecule has 1 saturated carbocycles. The summed E-state index contributed by atoms with van der Waals surface area (Å²) in [7, 11) is 1.68. The Morgan fingerprint density at radius 2 is 2.14 bits per heavy atom. The molecule has 2 atom stereocenters. The van der Waals surface area contributed by atoms with E-state index in [4.69, 9.17) is 10.00 Å². The summed E-state index contributed by atoms with van der Waals surface area (Å²) < 4.78 is 5.06. The van der Waals surface area contributed by atoms with Crippen LogP contribution in [0.15, 0.2) is 0 Å². The van der Waals surface area contributed by atoms with Crippen molar-refractivity contribution < 1.29 is 4.74 Å². The average Bonchev–Trinajstić information content (AvgIpc) is 2.66. The molecule has 0 aromatic rings. The first-order valence-electron chi connectivity index (χ1n) is 5.42. The zero-order valence-electron chi connectivity index (χ0n) is 9.12. The lowest BCUT2D eigenvalue weighted by Gasteiger charge is -2.22. The smallest absolute Gasteiger partial charge is 0.100 e. The molecule has 1 N–H and O–H groups in total. The van der Waals surface area contributed by atoms with Crippen LogP contribution >= 0.6 is 0 Å². The quantitative estimate of drug-likeness (QED) is 0.728. The van der Waals surface area contributed by atoms with Crippen LogP contribution in [0.3, 0.4) is 0 Å². The Morgan fingerprint density at radius 1 is 1.50 bits per heavy atom. The largest absolute Gasteiger partial charge is 0.384 e. The first-order chi connectivity index (χ1) is 6.77. The van der Waals surface area contributed by atoms with Gasteiger partial charge in [-0.1, -0.05) is 19.8 Å². The minimum absolute atomic E-state index is 0.0574. The second kappa shape index (κ2) is 6.00. The fourth-order valence-corrected chi connectivity index (χ4v) is 2.03. The Kier molecular flexibility index (Phi) is 4.92. The second-order valence-corrected chi connectivity index (χ2v) is 4.19. The first kappa shape index (κ1) is 11.5. The minimum Gasteiger partial charge on any atom is -0.384 e. The number of hydrogen-bond donors (Lipinski definition) is 1. The molecular formula is C11H20N2O. The van der Waals surface area contributed by atoms with Gasteiger partial charge in [0.15, 0.2) is 0 Å². The standard InChI is InChI=1S/C11H20N2O/c1-9(8-14-2)11(7-12)13-10-5-3-4-6-10/h9-11,13H,3-6,8H2,1-2H3. The van der Waals surface area contributed by atoms with Gasteiger partial charge in [0, 0.05) is 19.1 Å². The predicted octanol–water partition coefficient (Wildman–Crippen LogP) is 1.69. The molecule has 0 saturated heterocycles. The van der Waals surface area contributed by atoms with Crippen LogP contribution in [0, 0.1) is 17.2 Å². The van der Waals surface area contributed by atoms with E-state index in [2.05, 4.69) is 18.3 Å². The van der Waals surface area contributed by atoms with Gasteiger partial charge in [0.2, 0.25) is 0 Å². The van der Waals surface area contributed by atoms with Crippen molar-refractivity contribution in [3.8, 4) is 6.07 Å². The number of nitriles is 1. The molecule has 0 amide bonds. The van der Waals surface area contributed by atoms with E-state index in [1.165, 1.54) is 25.7 Å². The molecule has 14 heavy (non-hydrogen) atoms. The van der Waals surface area contributed by atoms with Gasteiger partial charge in [-0.15, -0.1) is 0 Å². The van der Waals surface area contributed by atoms with E-state index in [1.807, 2.05) is 0 Å². The summed E-state index contributed by atoms with van der Waals surface area (Å²) in [5, 5.41) is 12.4. The SMILES string of the molecule is COCC(C)C(C#N)NC1CCCC1. The lowest BCUT2D eigenvalue weighted by Crippen LogP contribution is -2.41. The summed E-state index contributed by atoms with van der Waals surface area (Å²) in [6.07, 6.45) is 5.04. The summed E-state index contributed by atoms with van der Waals surface area (Å²) in [6.45, 7) is 2.71. The normalized spacial score (nSPS) is 21.8. The summed E-state index contributed by atoms with van der Waals surface area (Å²) in [5.74, 6) is 0.269. The first-order valence-corrected chi connectivity index (χ1v) is 5.42. The van der Waals surface area contributed by atoms with Gasteiger partial charge in [0.1, 0.15) is 6.04 Å². The van der Waals surface area contributed by atoms with Gasteiger partial charge in [-0.05, 0) is 12.8 Å². The van der Waals surface area contributed by atoms with Crippen molar-refractivity contribution in [3.63, 3.8) is 0 Å². The second-order valence-electron chi connectivity index (χ2n) is 4.19. The van der Waals surface area contributed by atoms with Crippen LogP contribution in [0.25, 0.3) is 0 Å². The van der Waals surface area contributed by atoms with Gasteiger partial charge in [-0.25, -0.2) is 0 Å². The molecule has 0 aromatic heterocycles. The number of methoxy groups -OCH3 is 1. The summed E-state index contributed by atoms with van der Waals surface area (Å²) >= 11 is 0. The van der Waals surface area contributed by atoms with Crippen molar-refractivity contribution in [1.82, 2.24) is 5.32 Å². The van der Waals surface area contributed by atoms with Crippen LogP contribution in [0.5, 0.6) is 0 Å². The molecule has 3 heteroatoms. The molecule has 2 unspecified atom stereocenters.